The van der Waals surface area contributed by atoms with Crippen molar-refractivity contribution in [1.82, 2.24) is 0 Å². The van der Waals surface area contributed by atoms with E-state index in [9.17, 15) is 0 Å². The summed E-state index contributed by atoms with van der Waals surface area (Å²) in [6.07, 6.45) is 0. The van der Waals surface area contributed by atoms with Gasteiger partial charge in [-0.05, 0) is 0 Å². The Morgan fingerprint density at radius 1 is 0.714 bits per heavy atom. The molecule has 0 amide bonds. The SMILES string of the molecule is COc1ccc[c-]1OC.COc1ccc[c-]1OC.[Cl-].[Cl-].[Ti+4]. The number of methoxy groups -OCH3 is 4. The molecule has 0 spiro atoms. The minimum absolute atomic E-state index is 0. The summed E-state index contributed by atoms with van der Waals surface area (Å²) in [5.41, 5.74) is 0. The maximum absolute atomic E-state index is 4.95. The summed E-state index contributed by atoms with van der Waals surface area (Å²) in [5.74, 6) is 3.16. The maximum Gasteiger partial charge on any atom is 4.00 e. The van der Waals surface area contributed by atoms with Crippen LogP contribution in [0.3, 0.4) is 0 Å². The molecule has 0 saturated heterocycles. The Bertz CT molecular complexity index is 378. The average Bonchev–Trinajstić information content (AvgIpc) is 3.06. The van der Waals surface area contributed by atoms with Crippen LogP contribution in [0.15, 0.2) is 36.4 Å². The number of hydrogen-bond acceptors (Lipinski definition) is 4. The Labute approximate surface area is 153 Å². The Morgan fingerprint density at radius 3 is 1.24 bits per heavy atom. The van der Waals surface area contributed by atoms with E-state index in [0.717, 1.165) is 23.0 Å². The van der Waals surface area contributed by atoms with Gasteiger partial charge in [-0.2, -0.15) is 12.1 Å². The molecule has 7 heteroatoms. The van der Waals surface area contributed by atoms with Crippen molar-refractivity contribution in [2.45, 2.75) is 0 Å². The van der Waals surface area contributed by atoms with Crippen LogP contribution >= 0.6 is 0 Å². The molecule has 0 bridgehead atoms. The van der Waals surface area contributed by atoms with Gasteiger partial charge in [0.1, 0.15) is 0 Å². The summed E-state index contributed by atoms with van der Waals surface area (Å²) in [5, 5.41) is 0. The summed E-state index contributed by atoms with van der Waals surface area (Å²) in [6, 6.07) is 11.2. The van der Waals surface area contributed by atoms with Crippen LogP contribution in [0.4, 0.5) is 0 Å². The molecule has 0 fully saturated rings. The van der Waals surface area contributed by atoms with Crippen LogP contribution in [0, 0.1) is 0 Å². The van der Waals surface area contributed by atoms with Gasteiger partial charge < -0.3 is 43.8 Å². The third-order valence-electron chi connectivity index (χ3n) is 2.36. The van der Waals surface area contributed by atoms with E-state index >= 15 is 0 Å². The van der Waals surface area contributed by atoms with Crippen LogP contribution in [0.5, 0.6) is 23.0 Å². The zero-order chi connectivity index (χ0) is 13.4. The van der Waals surface area contributed by atoms with Crippen molar-refractivity contribution in [1.29, 1.82) is 0 Å². The molecule has 0 unspecified atom stereocenters. The van der Waals surface area contributed by atoms with E-state index < -0.39 is 0 Å². The second-order valence-corrected chi connectivity index (χ2v) is 3.33. The van der Waals surface area contributed by atoms with Crippen molar-refractivity contribution < 1.29 is 65.5 Å². The van der Waals surface area contributed by atoms with Crippen molar-refractivity contribution >= 4 is 0 Å². The third kappa shape index (κ3) is 7.67. The van der Waals surface area contributed by atoms with Crippen LogP contribution < -0.4 is 43.8 Å². The molecule has 2 rings (SSSR count). The predicted octanol–water partition coefficient (Wildman–Crippen LogP) is -3.15. The van der Waals surface area contributed by atoms with Crippen molar-refractivity contribution in [3.05, 3.63) is 36.4 Å². The molecule has 0 aliphatic heterocycles. The van der Waals surface area contributed by atoms with Crippen LogP contribution in [0.1, 0.15) is 0 Å². The molecule has 4 nitrogen and oxygen atoms in total. The summed E-state index contributed by atoms with van der Waals surface area (Å²) in [6.45, 7) is 0. The van der Waals surface area contributed by atoms with Gasteiger partial charge in [-0.3, -0.25) is 0 Å². The first kappa shape index (κ1) is 25.2. The zero-order valence-corrected chi connectivity index (χ0v) is 15.4. The molecular formula is C14H18Cl2O4Ti. The molecule has 0 aliphatic rings. The quantitative estimate of drug-likeness (QED) is 0.422. The van der Waals surface area contributed by atoms with Gasteiger partial charge in [0.25, 0.3) is 0 Å². The summed E-state index contributed by atoms with van der Waals surface area (Å²) in [7, 11) is 6.49. The van der Waals surface area contributed by atoms with Gasteiger partial charge in [0.05, 0.1) is 28.4 Å². The van der Waals surface area contributed by atoms with E-state index in [4.69, 9.17) is 18.9 Å². The van der Waals surface area contributed by atoms with E-state index in [1.165, 1.54) is 0 Å². The predicted molar refractivity (Wildman–Crippen MR) is 70.3 cm³/mol. The Balaban J connectivity index is -0.000000270. The van der Waals surface area contributed by atoms with Gasteiger partial charge in [0.15, 0.2) is 0 Å². The van der Waals surface area contributed by atoms with Crippen LogP contribution in [-0.4, -0.2) is 28.4 Å². The number of hydrogen-bond donors (Lipinski definition) is 0. The first-order valence-corrected chi connectivity index (χ1v) is 5.44. The molecule has 2 aromatic rings. The topological polar surface area (TPSA) is 36.9 Å². The van der Waals surface area contributed by atoms with E-state index in [1.54, 1.807) is 28.4 Å². The molecule has 0 aromatic heterocycles. The largest absolute Gasteiger partial charge is 4.00 e. The standard InChI is InChI=1S/2C7H9O2.2ClH.Ti/c2*1-8-6-4-3-5-7(6)9-2;;;/h2*3-5H,1-2H3;2*1H;/q2*-1;;;+4/p-2. The summed E-state index contributed by atoms with van der Waals surface area (Å²) in [4.78, 5) is 0. The van der Waals surface area contributed by atoms with Gasteiger partial charge in [0.2, 0.25) is 0 Å². The third-order valence-corrected chi connectivity index (χ3v) is 2.36. The van der Waals surface area contributed by atoms with Gasteiger partial charge in [-0.25, -0.2) is 12.1 Å². The smallest absolute Gasteiger partial charge is 1.00 e. The number of rotatable bonds is 4. The van der Waals surface area contributed by atoms with E-state index in [0.29, 0.717) is 0 Å². The molecule has 0 N–H and O–H groups in total. The molecule has 116 valence electrons. The Hall–Kier alpha value is -0.806. The number of halogens is 2. The molecule has 0 saturated carbocycles. The van der Waals surface area contributed by atoms with Crippen LogP contribution in [0.25, 0.3) is 0 Å². The summed E-state index contributed by atoms with van der Waals surface area (Å²) >= 11 is 0. The van der Waals surface area contributed by atoms with Gasteiger partial charge in [0, 0.05) is 23.0 Å². The minimum Gasteiger partial charge on any atom is -1.00 e. The molecule has 2 aromatic carbocycles. The molecule has 0 radical (unpaired) electrons. The zero-order valence-electron chi connectivity index (χ0n) is 12.4. The minimum atomic E-state index is 0. The van der Waals surface area contributed by atoms with E-state index in [2.05, 4.69) is 0 Å². The van der Waals surface area contributed by atoms with Crippen molar-refractivity contribution in [3.63, 3.8) is 0 Å². The second-order valence-electron chi connectivity index (χ2n) is 3.33. The van der Waals surface area contributed by atoms with Crippen LogP contribution in [-0.2, 0) is 21.7 Å². The van der Waals surface area contributed by atoms with E-state index in [1.807, 2.05) is 36.4 Å². The number of ether oxygens (including phenoxy) is 4. The Morgan fingerprint density at radius 2 is 1.05 bits per heavy atom. The second kappa shape index (κ2) is 14.1. The first-order valence-electron chi connectivity index (χ1n) is 5.44. The fourth-order valence-corrected chi connectivity index (χ4v) is 1.45. The molecule has 0 atom stereocenters. The van der Waals surface area contributed by atoms with Gasteiger partial charge >= 0.3 is 21.7 Å². The fraction of sp³-hybridized carbons (Fsp3) is 0.286. The van der Waals surface area contributed by atoms with Gasteiger partial charge in [-0.1, -0.05) is 0 Å². The normalized spacial score (nSPS) is 7.81. The van der Waals surface area contributed by atoms with Gasteiger partial charge in [-0.15, -0.1) is 12.1 Å². The molecule has 21 heavy (non-hydrogen) atoms. The average molecular weight is 369 g/mol. The Kier molecular flexibility index (Phi) is 17.0. The van der Waals surface area contributed by atoms with Crippen molar-refractivity contribution in [3.8, 4) is 23.0 Å². The summed E-state index contributed by atoms with van der Waals surface area (Å²) < 4.78 is 19.8. The molecule has 0 heterocycles. The molecular weight excluding hydrogens is 351 g/mol. The van der Waals surface area contributed by atoms with E-state index in [-0.39, 0.29) is 46.5 Å². The fourth-order valence-electron chi connectivity index (χ4n) is 1.45. The van der Waals surface area contributed by atoms with Crippen molar-refractivity contribution in [2.24, 2.45) is 0 Å². The first-order chi connectivity index (χ1) is 8.76. The van der Waals surface area contributed by atoms with Crippen molar-refractivity contribution in [2.75, 3.05) is 28.4 Å². The maximum atomic E-state index is 4.95. The monoisotopic (exact) mass is 368 g/mol. The van der Waals surface area contributed by atoms with Crippen LogP contribution in [0.2, 0.25) is 0 Å². The molecule has 0 aliphatic carbocycles.